The number of phenols is 1. The molecule has 6 nitrogen and oxygen atoms in total. The Hall–Kier alpha value is -2.18. The normalized spacial score (nSPS) is 23.7. The van der Waals surface area contributed by atoms with E-state index in [4.69, 9.17) is 4.74 Å². The summed E-state index contributed by atoms with van der Waals surface area (Å²) >= 11 is 0. The van der Waals surface area contributed by atoms with Gasteiger partial charge in [-0.15, -0.1) is 10.2 Å². The Bertz CT molecular complexity index is 765. The SMILES string of the molecule is CCc1cccc(O)c1-c1ccc(N2CCO[C@@H]3CCN(C)C[C@@H]32)nn1. The first-order valence-corrected chi connectivity index (χ1v) is 9.39. The second-order valence-corrected chi connectivity index (χ2v) is 7.16. The molecule has 1 aromatic carbocycles. The average Bonchev–Trinajstić information content (AvgIpc) is 2.67. The molecule has 0 radical (unpaired) electrons. The van der Waals surface area contributed by atoms with Crippen molar-refractivity contribution in [1.82, 2.24) is 15.1 Å². The van der Waals surface area contributed by atoms with Gasteiger partial charge in [0.05, 0.1) is 24.4 Å². The molecule has 2 atom stereocenters. The predicted octanol–water partition coefficient (Wildman–Crippen LogP) is 2.32. The first kappa shape index (κ1) is 17.2. The van der Waals surface area contributed by atoms with Crippen molar-refractivity contribution < 1.29 is 9.84 Å². The van der Waals surface area contributed by atoms with Crippen molar-refractivity contribution >= 4 is 5.82 Å². The molecular formula is C20H26N4O2. The van der Waals surface area contributed by atoms with Crippen molar-refractivity contribution in [2.75, 3.05) is 38.2 Å². The number of piperidine rings is 1. The van der Waals surface area contributed by atoms with Gasteiger partial charge in [0, 0.05) is 25.2 Å². The van der Waals surface area contributed by atoms with Crippen molar-refractivity contribution in [2.24, 2.45) is 0 Å². The highest BCUT2D eigenvalue weighted by atomic mass is 16.5. The zero-order chi connectivity index (χ0) is 18.1. The Morgan fingerprint density at radius 3 is 2.85 bits per heavy atom. The lowest BCUT2D eigenvalue weighted by atomic mass is 9.99. The lowest BCUT2D eigenvalue weighted by Crippen LogP contribution is -2.59. The number of likely N-dealkylation sites (tertiary alicyclic amines) is 1. The van der Waals surface area contributed by atoms with Crippen LogP contribution >= 0.6 is 0 Å². The fourth-order valence-electron chi connectivity index (χ4n) is 4.10. The van der Waals surface area contributed by atoms with E-state index < -0.39 is 0 Å². The van der Waals surface area contributed by atoms with E-state index in [1.807, 2.05) is 24.3 Å². The molecule has 6 heteroatoms. The molecule has 2 saturated heterocycles. The number of hydrogen-bond acceptors (Lipinski definition) is 6. The number of phenolic OH excluding ortho intramolecular Hbond substituents is 1. The molecule has 0 aliphatic carbocycles. The van der Waals surface area contributed by atoms with Gasteiger partial charge in [0.15, 0.2) is 5.82 Å². The number of likely N-dealkylation sites (N-methyl/N-ethyl adjacent to an activating group) is 1. The fourth-order valence-corrected chi connectivity index (χ4v) is 4.10. The molecule has 1 aromatic heterocycles. The maximum absolute atomic E-state index is 10.3. The Morgan fingerprint density at radius 2 is 2.08 bits per heavy atom. The summed E-state index contributed by atoms with van der Waals surface area (Å²) in [6.45, 7) is 5.70. The molecule has 0 unspecified atom stereocenters. The van der Waals surface area contributed by atoms with Gasteiger partial charge >= 0.3 is 0 Å². The van der Waals surface area contributed by atoms with E-state index >= 15 is 0 Å². The molecule has 0 amide bonds. The summed E-state index contributed by atoms with van der Waals surface area (Å²) in [5, 5.41) is 19.2. The van der Waals surface area contributed by atoms with E-state index in [1.54, 1.807) is 6.07 Å². The summed E-state index contributed by atoms with van der Waals surface area (Å²) in [7, 11) is 2.15. The predicted molar refractivity (Wildman–Crippen MR) is 101 cm³/mol. The highest BCUT2D eigenvalue weighted by Crippen LogP contribution is 2.32. The minimum absolute atomic E-state index is 0.256. The molecule has 3 heterocycles. The van der Waals surface area contributed by atoms with Crippen LogP contribution in [0.5, 0.6) is 5.75 Å². The van der Waals surface area contributed by atoms with E-state index in [-0.39, 0.29) is 11.9 Å². The average molecular weight is 354 g/mol. The summed E-state index contributed by atoms with van der Waals surface area (Å²) in [5.74, 6) is 1.14. The number of nitrogens with zero attached hydrogens (tertiary/aromatic N) is 4. The second-order valence-electron chi connectivity index (χ2n) is 7.16. The minimum Gasteiger partial charge on any atom is -0.507 e. The molecule has 0 spiro atoms. The smallest absolute Gasteiger partial charge is 0.151 e. The molecular weight excluding hydrogens is 328 g/mol. The van der Waals surface area contributed by atoms with Crippen LogP contribution in [0.4, 0.5) is 5.82 Å². The number of anilines is 1. The quantitative estimate of drug-likeness (QED) is 0.913. The van der Waals surface area contributed by atoms with Crippen molar-refractivity contribution in [3.8, 4) is 17.0 Å². The van der Waals surface area contributed by atoms with Gasteiger partial charge in [0.25, 0.3) is 0 Å². The number of aromatic nitrogens is 2. The number of rotatable bonds is 3. The van der Waals surface area contributed by atoms with E-state index in [0.717, 1.165) is 56.0 Å². The highest BCUT2D eigenvalue weighted by molar-refractivity contribution is 5.71. The van der Waals surface area contributed by atoms with E-state index in [2.05, 4.69) is 34.0 Å². The van der Waals surface area contributed by atoms with Gasteiger partial charge in [-0.2, -0.15) is 0 Å². The lowest BCUT2D eigenvalue weighted by molar-refractivity contribution is -0.0246. The van der Waals surface area contributed by atoms with Crippen LogP contribution in [0.15, 0.2) is 30.3 Å². The van der Waals surface area contributed by atoms with Crippen LogP contribution in [0.1, 0.15) is 18.9 Å². The number of morpholine rings is 1. The standard InChI is InChI=1S/C20H26N4O2/c1-3-14-5-4-6-17(25)20(14)15-7-8-19(22-21-15)24-11-12-26-18-9-10-23(2)13-16(18)24/h4-8,16,18,25H,3,9-13H2,1-2H3/t16-,18+/m0/s1. The maximum Gasteiger partial charge on any atom is 0.151 e. The maximum atomic E-state index is 10.3. The number of fused-ring (bicyclic) bond motifs is 1. The Morgan fingerprint density at radius 1 is 1.19 bits per heavy atom. The molecule has 4 rings (SSSR count). The van der Waals surface area contributed by atoms with Crippen molar-refractivity contribution in [2.45, 2.75) is 31.9 Å². The molecule has 2 aliphatic rings. The third-order valence-electron chi connectivity index (χ3n) is 5.50. The van der Waals surface area contributed by atoms with Crippen molar-refractivity contribution in [3.63, 3.8) is 0 Å². The Labute approximate surface area is 154 Å². The number of ether oxygens (including phenoxy) is 1. The van der Waals surface area contributed by atoms with Gasteiger partial charge in [0.2, 0.25) is 0 Å². The molecule has 26 heavy (non-hydrogen) atoms. The molecule has 2 aliphatic heterocycles. The summed E-state index contributed by atoms with van der Waals surface area (Å²) in [5.41, 5.74) is 2.58. The molecule has 138 valence electrons. The van der Waals surface area contributed by atoms with Gasteiger partial charge < -0.3 is 19.6 Å². The monoisotopic (exact) mass is 354 g/mol. The first-order valence-electron chi connectivity index (χ1n) is 9.39. The van der Waals surface area contributed by atoms with Gasteiger partial charge in [-0.3, -0.25) is 0 Å². The lowest BCUT2D eigenvalue weighted by Gasteiger charge is -2.46. The minimum atomic E-state index is 0.256. The molecule has 1 N–H and O–H groups in total. The van der Waals surface area contributed by atoms with E-state index in [9.17, 15) is 5.11 Å². The van der Waals surface area contributed by atoms with Crippen molar-refractivity contribution in [3.05, 3.63) is 35.9 Å². The van der Waals surface area contributed by atoms with Crippen LogP contribution in [0, 0.1) is 0 Å². The van der Waals surface area contributed by atoms with Gasteiger partial charge in [-0.1, -0.05) is 19.1 Å². The number of benzene rings is 1. The van der Waals surface area contributed by atoms with Crippen LogP contribution in [0.2, 0.25) is 0 Å². The molecule has 2 aromatic rings. The van der Waals surface area contributed by atoms with Crippen LogP contribution in [0.3, 0.4) is 0 Å². The van der Waals surface area contributed by atoms with E-state index in [0.29, 0.717) is 11.7 Å². The zero-order valence-corrected chi connectivity index (χ0v) is 15.4. The van der Waals surface area contributed by atoms with E-state index in [1.165, 1.54) is 0 Å². The van der Waals surface area contributed by atoms with Crippen LogP contribution in [-0.2, 0) is 11.2 Å². The number of aryl methyl sites for hydroxylation is 1. The second kappa shape index (κ2) is 7.21. The van der Waals surface area contributed by atoms with Crippen LogP contribution in [0.25, 0.3) is 11.3 Å². The zero-order valence-electron chi connectivity index (χ0n) is 15.4. The molecule has 0 saturated carbocycles. The highest BCUT2D eigenvalue weighted by Gasteiger charge is 2.36. The number of aromatic hydroxyl groups is 1. The van der Waals surface area contributed by atoms with Gasteiger partial charge in [-0.25, -0.2) is 0 Å². The largest absolute Gasteiger partial charge is 0.507 e. The third-order valence-corrected chi connectivity index (χ3v) is 5.50. The fraction of sp³-hybridized carbons (Fsp3) is 0.500. The molecule has 0 bridgehead atoms. The van der Waals surface area contributed by atoms with Crippen LogP contribution in [-0.4, -0.2) is 65.6 Å². The van der Waals surface area contributed by atoms with Crippen LogP contribution < -0.4 is 4.90 Å². The molecule has 2 fully saturated rings. The summed E-state index contributed by atoms with van der Waals surface area (Å²) in [4.78, 5) is 4.67. The Kier molecular flexibility index (Phi) is 4.78. The third kappa shape index (κ3) is 3.15. The summed E-state index contributed by atoms with van der Waals surface area (Å²) in [6.07, 6.45) is 2.17. The summed E-state index contributed by atoms with van der Waals surface area (Å²) < 4.78 is 5.97. The van der Waals surface area contributed by atoms with Gasteiger partial charge in [-0.05, 0) is 43.7 Å². The summed E-state index contributed by atoms with van der Waals surface area (Å²) in [6, 6.07) is 9.90. The first-order chi connectivity index (χ1) is 12.7. The van der Waals surface area contributed by atoms with Crippen molar-refractivity contribution in [1.29, 1.82) is 0 Å². The topological polar surface area (TPSA) is 61.7 Å². The number of hydrogen-bond donors (Lipinski definition) is 1. The van der Waals surface area contributed by atoms with Gasteiger partial charge in [0.1, 0.15) is 5.75 Å². The Balaban J connectivity index is 1.62.